The van der Waals surface area contributed by atoms with Crippen LogP contribution in [0, 0.1) is 11.7 Å². The molecule has 2 heterocycles. The molecular formula is C15H15F4NO2. The van der Waals surface area contributed by atoms with Gasteiger partial charge in [0.15, 0.2) is 5.78 Å². The van der Waals surface area contributed by atoms with Gasteiger partial charge in [0.25, 0.3) is 0 Å². The number of nitrogens with one attached hydrogen (secondary N) is 1. The molecular weight excluding hydrogens is 302 g/mol. The Morgan fingerprint density at radius 1 is 1.18 bits per heavy atom. The first-order chi connectivity index (χ1) is 10.3. The number of ether oxygens (including phenoxy) is 1. The summed E-state index contributed by atoms with van der Waals surface area (Å²) in [5, 5.41) is 3.28. The van der Waals surface area contributed by atoms with Crippen molar-refractivity contribution in [2.24, 2.45) is 5.92 Å². The van der Waals surface area contributed by atoms with Crippen LogP contribution in [0.25, 0.3) is 0 Å². The Morgan fingerprint density at radius 2 is 1.82 bits per heavy atom. The quantitative estimate of drug-likeness (QED) is 0.673. The van der Waals surface area contributed by atoms with E-state index >= 15 is 0 Å². The minimum atomic E-state index is -4.75. The maximum absolute atomic E-state index is 13.1. The summed E-state index contributed by atoms with van der Waals surface area (Å²) in [7, 11) is 0. The van der Waals surface area contributed by atoms with E-state index in [1.807, 2.05) is 0 Å². The molecule has 1 N–H and O–H groups in total. The fraction of sp³-hybridized carbons (Fsp3) is 0.533. The van der Waals surface area contributed by atoms with Crippen LogP contribution in [-0.4, -0.2) is 31.1 Å². The summed E-state index contributed by atoms with van der Waals surface area (Å²) in [6.45, 7) is 0.908. The normalized spacial score (nSPS) is 28.5. The number of fused-ring (bicyclic) bond motifs is 2. The summed E-state index contributed by atoms with van der Waals surface area (Å²) >= 11 is 0. The number of halogens is 4. The first-order valence-corrected chi connectivity index (χ1v) is 7.09. The number of alkyl halides is 3. The van der Waals surface area contributed by atoms with Gasteiger partial charge in [-0.3, -0.25) is 4.79 Å². The molecule has 0 saturated carbocycles. The highest BCUT2D eigenvalue weighted by atomic mass is 19.4. The minimum absolute atomic E-state index is 0.0174. The van der Waals surface area contributed by atoms with Crippen molar-refractivity contribution in [1.29, 1.82) is 0 Å². The predicted octanol–water partition coefficient (Wildman–Crippen LogP) is 2.79. The molecule has 0 spiro atoms. The van der Waals surface area contributed by atoms with Crippen molar-refractivity contribution in [2.45, 2.75) is 31.1 Å². The van der Waals surface area contributed by atoms with Gasteiger partial charge in [0.2, 0.25) is 0 Å². The molecule has 2 saturated heterocycles. The van der Waals surface area contributed by atoms with E-state index in [0.29, 0.717) is 32.1 Å². The van der Waals surface area contributed by atoms with Gasteiger partial charge >= 0.3 is 6.18 Å². The van der Waals surface area contributed by atoms with Gasteiger partial charge in [0.05, 0.1) is 18.8 Å². The lowest BCUT2D eigenvalue weighted by atomic mass is 9.81. The van der Waals surface area contributed by atoms with E-state index in [1.165, 1.54) is 0 Å². The number of ketones is 1. The molecule has 3 rings (SSSR count). The van der Waals surface area contributed by atoms with Crippen LogP contribution in [0.3, 0.4) is 0 Å². The molecule has 2 atom stereocenters. The number of morpholine rings is 1. The summed E-state index contributed by atoms with van der Waals surface area (Å²) in [5.41, 5.74) is -1.64. The van der Waals surface area contributed by atoms with Gasteiger partial charge in [-0.1, -0.05) is 0 Å². The second kappa shape index (κ2) is 5.62. The number of hydrogen-bond donors (Lipinski definition) is 1. The van der Waals surface area contributed by atoms with Crippen LogP contribution in [0.4, 0.5) is 17.6 Å². The van der Waals surface area contributed by atoms with Crippen molar-refractivity contribution in [3.05, 3.63) is 35.1 Å². The maximum Gasteiger partial charge on any atom is 0.417 e. The monoisotopic (exact) mass is 317 g/mol. The van der Waals surface area contributed by atoms with Gasteiger partial charge in [-0.05, 0) is 31.0 Å². The van der Waals surface area contributed by atoms with Gasteiger partial charge in [-0.15, -0.1) is 0 Å². The molecule has 22 heavy (non-hydrogen) atoms. The molecule has 2 bridgehead atoms. The van der Waals surface area contributed by atoms with Crippen LogP contribution in [0.15, 0.2) is 18.2 Å². The zero-order chi connectivity index (χ0) is 15.9. The Kier molecular flexibility index (Phi) is 3.94. The van der Waals surface area contributed by atoms with Gasteiger partial charge < -0.3 is 10.1 Å². The number of Topliss-reactive ketones (excluding diaryl/α,β-unsaturated/α-hetero) is 1. The van der Waals surface area contributed by atoms with E-state index < -0.39 is 34.8 Å². The molecule has 0 amide bonds. The average molecular weight is 317 g/mol. The Labute approximate surface area is 124 Å². The second-order valence-corrected chi connectivity index (χ2v) is 5.82. The Bertz CT molecular complexity index is 575. The zero-order valence-electron chi connectivity index (χ0n) is 11.6. The molecule has 2 fully saturated rings. The first-order valence-electron chi connectivity index (χ1n) is 7.09. The second-order valence-electron chi connectivity index (χ2n) is 5.82. The lowest BCUT2D eigenvalue weighted by Crippen LogP contribution is -2.55. The number of piperidine rings is 1. The van der Waals surface area contributed by atoms with E-state index in [9.17, 15) is 22.4 Å². The fourth-order valence-corrected chi connectivity index (χ4v) is 3.24. The Hall–Kier alpha value is -1.47. The summed E-state index contributed by atoms with van der Waals surface area (Å²) in [6, 6.07) is 2.19. The molecule has 0 aliphatic carbocycles. The molecule has 7 heteroatoms. The number of hydrogen-bond acceptors (Lipinski definition) is 3. The highest BCUT2D eigenvalue weighted by Crippen LogP contribution is 2.35. The maximum atomic E-state index is 13.1. The average Bonchev–Trinajstić information content (AvgIpc) is 2.45. The third kappa shape index (κ3) is 3.01. The smallest absolute Gasteiger partial charge is 0.378 e. The van der Waals surface area contributed by atoms with E-state index in [1.54, 1.807) is 0 Å². The minimum Gasteiger partial charge on any atom is -0.378 e. The van der Waals surface area contributed by atoms with Crippen LogP contribution in [-0.2, 0) is 10.9 Å². The van der Waals surface area contributed by atoms with E-state index in [0.717, 1.165) is 12.1 Å². The molecule has 0 radical (unpaired) electrons. The molecule has 2 aliphatic heterocycles. The van der Waals surface area contributed by atoms with Crippen LogP contribution in [0.1, 0.15) is 28.8 Å². The van der Waals surface area contributed by atoms with E-state index in [-0.39, 0.29) is 12.1 Å². The van der Waals surface area contributed by atoms with Gasteiger partial charge in [-0.2, -0.15) is 13.2 Å². The Balaban J connectivity index is 1.89. The van der Waals surface area contributed by atoms with Crippen molar-refractivity contribution >= 4 is 5.78 Å². The number of rotatable bonds is 2. The molecule has 2 aliphatic rings. The largest absolute Gasteiger partial charge is 0.417 e. The number of carbonyl (C=O) groups excluding carboxylic acids is 1. The Morgan fingerprint density at radius 3 is 2.41 bits per heavy atom. The third-order valence-electron chi connectivity index (χ3n) is 4.17. The van der Waals surface area contributed by atoms with Crippen molar-refractivity contribution < 1.29 is 27.1 Å². The predicted molar refractivity (Wildman–Crippen MR) is 70.0 cm³/mol. The molecule has 1 aromatic rings. The van der Waals surface area contributed by atoms with Gasteiger partial charge in [0.1, 0.15) is 5.82 Å². The van der Waals surface area contributed by atoms with Crippen molar-refractivity contribution in [2.75, 3.05) is 13.2 Å². The molecule has 0 aromatic heterocycles. The summed E-state index contributed by atoms with van der Waals surface area (Å²) in [6.07, 6.45) is -3.88. The summed E-state index contributed by atoms with van der Waals surface area (Å²) in [4.78, 5) is 12.5. The molecule has 3 nitrogen and oxygen atoms in total. The van der Waals surface area contributed by atoms with Crippen LogP contribution < -0.4 is 5.32 Å². The van der Waals surface area contributed by atoms with Crippen molar-refractivity contribution in [1.82, 2.24) is 5.32 Å². The van der Waals surface area contributed by atoms with E-state index in [4.69, 9.17) is 4.74 Å². The summed E-state index contributed by atoms with van der Waals surface area (Å²) < 4.78 is 57.6. The molecule has 2 unspecified atom stereocenters. The molecule has 120 valence electrons. The first kappa shape index (κ1) is 15.4. The highest BCUT2D eigenvalue weighted by molar-refractivity contribution is 5.99. The summed E-state index contributed by atoms with van der Waals surface area (Å²) in [5.74, 6) is -2.06. The lowest BCUT2D eigenvalue weighted by molar-refractivity contribution is -0.138. The molecule has 1 aromatic carbocycles. The highest BCUT2D eigenvalue weighted by Gasteiger charge is 2.40. The van der Waals surface area contributed by atoms with Crippen LogP contribution in [0.2, 0.25) is 0 Å². The number of benzene rings is 1. The fourth-order valence-electron chi connectivity index (χ4n) is 3.24. The SMILES string of the molecule is O=C(c1ccc(F)cc1C(F)(F)F)C1CC2COCC(C1)N2. The van der Waals surface area contributed by atoms with Gasteiger partial charge in [-0.25, -0.2) is 4.39 Å². The van der Waals surface area contributed by atoms with Crippen molar-refractivity contribution in [3.8, 4) is 0 Å². The third-order valence-corrected chi connectivity index (χ3v) is 4.17. The van der Waals surface area contributed by atoms with E-state index in [2.05, 4.69) is 5.32 Å². The standard InChI is InChI=1S/C15H15F4NO2/c16-9-1-2-12(13(5-9)15(17,18)19)14(21)8-3-10-6-22-7-11(4-8)20-10/h1-2,5,8,10-11,20H,3-4,6-7H2. The van der Waals surface area contributed by atoms with Crippen LogP contribution in [0.5, 0.6) is 0 Å². The van der Waals surface area contributed by atoms with Crippen molar-refractivity contribution in [3.63, 3.8) is 0 Å². The van der Waals surface area contributed by atoms with Gasteiger partial charge in [0, 0.05) is 23.6 Å². The number of carbonyl (C=O) groups is 1. The van der Waals surface area contributed by atoms with Crippen LogP contribution >= 0.6 is 0 Å². The zero-order valence-corrected chi connectivity index (χ0v) is 11.6. The lowest BCUT2D eigenvalue weighted by Gasteiger charge is -2.39. The topological polar surface area (TPSA) is 38.3 Å².